The Kier molecular flexibility index (Phi) is 7.07. The van der Waals surface area contributed by atoms with Gasteiger partial charge in [0.2, 0.25) is 0 Å². The fourth-order valence-corrected chi connectivity index (χ4v) is 2.85. The van der Waals surface area contributed by atoms with Crippen molar-refractivity contribution < 1.29 is 14.6 Å². The fraction of sp³-hybridized carbons (Fsp3) is 0.348. The minimum Gasteiger partial charge on any atom is -0.445 e. The summed E-state index contributed by atoms with van der Waals surface area (Å²) in [5.41, 5.74) is 3.64. The molecule has 28 heavy (non-hydrogen) atoms. The monoisotopic (exact) mass is 378 g/mol. The minimum atomic E-state index is -0.503. The van der Waals surface area contributed by atoms with Crippen LogP contribution in [-0.2, 0) is 18.0 Å². The predicted octanol–water partition coefficient (Wildman–Crippen LogP) is 3.27. The van der Waals surface area contributed by atoms with E-state index in [4.69, 9.17) is 4.74 Å². The van der Waals surface area contributed by atoms with E-state index < -0.39 is 6.09 Å². The molecule has 1 atom stereocenters. The second kappa shape index (κ2) is 9.93. The van der Waals surface area contributed by atoms with Gasteiger partial charge in [-0.1, -0.05) is 54.3 Å². The first-order valence-electron chi connectivity index (χ1n) is 9.59. The highest BCUT2D eigenvalue weighted by Gasteiger charge is 2.23. The van der Waals surface area contributed by atoms with E-state index in [1.165, 1.54) is 12.8 Å². The average Bonchev–Trinajstić information content (AvgIpc) is 3.54. The third kappa shape index (κ3) is 6.12. The summed E-state index contributed by atoms with van der Waals surface area (Å²) in [4.78, 5) is 11.8. The van der Waals surface area contributed by atoms with Crippen molar-refractivity contribution in [3.8, 4) is 11.8 Å². The maximum Gasteiger partial charge on any atom is 0.408 e. The molecule has 0 saturated heterocycles. The van der Waals surface area contributed by atoms with Crippen LogP contribution in [0.15, 0.2) is 48.5 Å². The minimum absolute atomic E-state index is 0.0682. The van der Waals surface area contributed by atoms with Crippen LogP contribution in [0.1, 0.15) is 48.1 Å². The number of amides is 1. The highest BCUT2D eigenvalue weighted by molar-refractivity contribution is 5.67. The molecule has 1 aliphatic carbocycles. The molecule has 0 heterocycles. The largest absolute Gasteiger partial charge is 0.445 e. The lowest BCUT2D eigenvalue weighted by molar-refractivity contribution is 0.141. The normalized spacial score (nSPS) is 13.9. The summed E-state index contributed by atoms with van der Waals surface area (Å²) in [7, 11) is 0. The maximum absolute atomic E-state index is 11.8. The van der Waals surface area contributed by atoms with Crippen molar-refractivity contribution in [2.75, 3.05) is 6.54 Å². The lowest BCUT2D eigenvalue weighted by Gasteiger charge is -2.15. The number of nitrogens with one attached hydrogen (secondary N) is 2. The van der Waals surface area contributed by atoms with Crippen molar-refractivity contribution in [1.29, 1.82) is 0 Å². The van der Waals surface area contributed by atoms with Gasteiger partial charge >= 0.3 is 6.09 Å². The van der Waals surface area contributed by atoms with E-state index in [9.17, 15) is 9.90 Å². The van der Waals surface area contributed by atoms with Gasteiger partial charge in [-0.05, 0) is 42.5 Å². The summed E-state index contributed by atoms with van der Waals surface area (Å²) in [5, 5.41) is 15.7. The molecule has 5 nitrogen and oxygen atoms in total. The van der Waals surface area contributed by atoms with Crippen LogP contribution in [0, 0.1) is 11.8 Å². The van der Waals surface area contributed by atoms with Crippen molar-refractivity contribution in [2.24, 2.45) is 0 Å². The molecule has 3 rings (SSSR count). The van der Waals surface area contributed by atoms with E-state index in [2.05, 4.69) is 29.4 Å². The molecule has 1 unspecified atom stereocenters. The number of aliphatic hydroxyl groups excluding tert-OH is 1. The molecule has 2 aromatic rings. The summed E-state index contributed by atoms with van der Waals surface area (Å²) in [6, 6.07) is 16.3. The smallest absolute Gasteiger partial charge is 0.408 e. The van der Waals surface area contributed by atoms with Crippen molar-refractivity contribution in [2.45, 2.75) is 45.1 Å². The van der Waals surface area contributed by atoms with Crippen molar-refractivity contribution >= 4 is 6.09 Å². The molecule has 1 amide bonds. The highest BCUT2D eigenvalue weighted by atomic mass is 16.5. The van der Waals surface area contributed by atoms with E-state index in [0.717, 1.165) is 22.3 Å². The van der Waals surface area contributed by atoms with Gasteiger partial charge in [0, 0.05) is 17.6 Å². The van der Waals surface area contributed by atoms with Crippen molar-refractivity contribution in [3.05, 3.63) is 70.8 Å². The fourth-order valence-electron chi connectivity index (χ4n) is 2.85. The zero-order chi connectivity index (χ0) is 19.8. The van der Waals surface area contributed by atoms with Gasteiger partial charge in [0.15, 0.2) is 0 Å². The molecule has 5 heteroatoms. The Bertz CT molecular complexity index is 851. The summed E-state index contributed by atoms with van der Waals surface area (Å²) in [6.45, 7) is 2.47. The van der Waals surface area contributed by atoms with E-state index in [1.54, 1.807) is 0 Å². The third-order valence-electron chi connectivity index (χ3n) is 4.62. The summed E-state index contributed by atoms with van der Waals surface area (Å²) < 4.78 is 5.15. The molecule has 0 aliphatic heterocycles. The summed E-state index contributed by atoms with van der Waals surface area (Å²) in [5.74, 6) is 5.98. The molecule has 2 aromatic carbocycles. The Labute approximate surface area is 166 Å². The van der Waals surface area contributed by atoms with Crippen molar-refractivity contribution in [3.63, 3.8) is 0 Å². The molecule has 1 aliphatic rings. The Hall–Kier alpha value is -2.81. The van der Waals surface area contributed by atoms with Crippen LogP contribution in [0.25, 0.3) is 0 Å². The first-order valence-corrected chi connectivity index (χ1v) is 9.59. The number of aliphatic hydroxyl groups is 1. The SMILES string of the molecule is CC(NC1CC1)c1ccc(CO)c(C#CCNC(=O)OCc2ccccc2)c1. The molecule has 3 N–H and O–H groups in total. The van der Waals surface area contributed by atoms with Crippen LogP contribution >= 0.6 is 0 Å². The van der Waals surface area contributed by atoms with Gasteiger partial charge in [-0.15, -0.1) is 0 Å². The summed E-state index contributed by atoms with van der Waals surface area (Å²) >= 11 is 0. The van der Waals surface area contributed by atoms with Gasteiger partial charge in [0.25, 0.3) is 0 Å². The predicted molar refractivity (Wildman–Crippen MR) is 108 cm³/mol. The van der Waals surface area contributed by atoms with Gasteiger partial charge in [-0.3, -0.25) is 0 Å². The lowest BCUT2D eigenvalue weighted by Crippen LogP contribution is -2.24. The zero-order valence-corrected chi connectivity index (χ0v) is 16.1. The Balaban J connectivity index is 1.52. The van der Waals surface area contributed by atoms with Crippen LogP contribution in [0.4, 0.5) is 4.79 Å². The van der Waals surface area contributed by atoms with Crippen LogP contribution in [0.3, 0.4) is 0 Å². The molecular weight excluding hydrogens is 352 g/mol. The molecule has 1 fully saturated rings. The van der Waals surface area contributed by atoms with E-state index in [0.29, 0.717) is 6.04 Å². The number of benzene rings is 2. The van der Waals surface area contributed by atoms with Gasteiger partial charge in [-0.2, -0.15) is 0 Å². The summed E-state index contributed by atoms with van der Waals surface area (Å²) in [6.07, 6.45) is 1.96. The number of hydrogen-bond donors (Lipinski definition) is 3. The number of rotatable bonds is 7. The molecular formula is C23H26N2O3. The van der Waals surface area contributed by atoms with Crippen molar-refractivity contribution in [1.82, 2.24) is 10.6 Å². The van der Waals surface area contributed by atoms with Gasteiger partial charge in [-0.25, -0.2) is 4.79 Å². The average molecular weight is 378 g/mol. The first kappa shape index (κ1) is 19.9. The molecule has 0 spiro atoms. The molecule has 1 saturated carbocycles. The van der Waals surface area contributed by atoms with E-state index >= 15 is 0 Å². The topological polar surface area (TPSA) is 70.6 Å². The van der Waals surface area contributed by atoms with Gasteiger partial charge in [0.05, 0.1) is 13.2 Å². The van der Waals surface area contributed by atoms with E-state index in [-0.39, 0.29) is 25.8 Å². The quantitative estimate of drug-likeness (QED) is 0.647. The maximum atomic E-state index is 11.8. The molecule has 0 bridgehead atoms. The van der Waals surface area contributed by atoms with Crippen LogP contribution < -0.4 is 10.6 Å². The number of ether oxygens (including phenoxy) is 1. The second-order valence-electron chi connectivity index (χ2n) is 6.95. The van der Waals surface area contributed by atoms with Gasteiger partial charge in [0.1, 0.15) is 6.61 Å². The Morgan fingerprint density at radius 2 is 2.04 bits per heavy atom. The first-order chi connectivity index (χ1) is 13.7. The Morgan fingerprint density at radius 3 is 2.75 bits per heavy atom. The molecule has 0 aromatic heterocycles. The van der Waals surface area contributed by atoms with Crippen LogP contribution in [0.5, 0.6) is 0 Å². The number of hydrogen-bond acceptors (Lipinski definition) is 4. The Morgan fingerprint density at radius 1 is 1.25 bits per heavy atom. The number of carbonyl (C=O) groups excluding carboxylic acids is 1. The van der Waals surface area contributed by atoms with Crippen LogP contribution in [0.2, 0.25) is 0 Å². The molecule has 146 valence electrons. The third-order valence-corrected chi connectivity index (χ3v) is 4.62. The highest BCUT2D eigenvalue weighted by Crippen LogP contribution is 2.25. The zero-order valence-electron chi connectivity index (χ0n) is 16.1. The van der Waals surface area contributed by atoms with Gasteiger partial charge < -0.3 is 20.5 Å². The lowest BCUT2D eigenvalue weighted by atomic mass is 10.0. The standard InChI is InChI=1S/C23H26N2O3/c1-17(25-22-11-12-22)19-9-10-21(15-26)20(14-19)8-5-13-24-23(27)28-16-18-6-3-2-4-7-18/h2-4,6-7,9-10,14,17,22,25-26H,11-13,15-16H2,1H3,(H,24,27). The van der Waals surface area contributed by atoms with Crippen LogP contribution in [-0.4, -0.2) is 23.8 Å². The number of alkyl carbamates (subject to hydrolysis) is 1. The second-order valence-corrected chi connectivity index (χ2v) is 6.95. The number of carbonyl (C=O) groups is 1. The van der Waals surface area contributed by atoms with E-state index in [1.807, 2.05) is 48.5 Å². The molecule has 0 radical (unpaired) electrons.